The van der Waals surface area contributed by atoms with E-state index in [1.165, 1.54) is 23.8 Å². The SMILES string of the molecule is COc1ccc(/C=N\n2cnc3c([nH]c4ccc(C)cc43)c2=O)cc1CN1CCCC1. The number of aromatic amines is 1. The molecular weight excluding hydrogens is 390 g/mol. The summed E-state index contributed by atoms with van der Waals surface area (Å²) in [6.45, 7) is 5.11. The number of nitrogens with zero attached hydrogens (tertiary/aromatic N) is 4. The van der Waals surface area contributed by atoms with Gasteiger partial charge in [-0.15, -0.1) is 0 Å². The number of rotatable bonds is 5. The van der Waals surface area contributed by atoms with E-state index in [-0.39, 0.29) is 5.56 Å². The number of aryl methyl sites for hydroxylation is 1. The van der Waals surface area contributed by atoms with Crippen LogP contribution < -0.4 is 10.3 Å². The predicted octanol–water partition coefficient (Wildman–Crippen LogP) is 3.67. The Balaban J connectivity index is 1.47. The second-order valence-electron chi connectivity index (χ2n) is 8.09. The molecule has 7 heteroatoms. The average molecular weight is 415 g/mol. The summed E-state index contributed by atoms with van der Waals surface area (Å²) in [4.78, 5) is 23.1. The number of H-pyrrole nitrogens is 1. The van der Waals surface area contributed by atoms with E-state index in [2.05, 4.69) is 26.0 Å². The molecule has 1 fully saturated rings. The summed E-state index contributed by atoms with van der Waals surface area (Å²) in [5.74, 6) is 0.873. The maximum Gasteiger partial charge on any atom is 0.298 e. The molecule has 1 N–H and O–H groups in total. The summed E-state index contributed by atoms with van der Waals surface area (Å²) in [5.41, 5.74) is 4.97. The molecule has 158 valence electrons. The Morgan fingerprint density at radius 2 is 2.03 bits per heavy atom. The molecule has 0 radical (unpaired) electrons. The van der Waals surface area contributed by atoms with Crippen molar-refractivity contribution in [2.75, 3.05) is 20.2 Å². The van der Waals surface area contributed by atoms with Gasteiger partial charge in [0.1, 0.15) is 23.1 Å². The van der Waals surface area contributed by atoms with Gasteiger partial charge in [-0.3, -0.25) is 9.69 Å². The van der Waals surface area contributed by atoms with Crippen molar-refractivity contribution < 1.29 is 4.74 Å². The predicted molar refractivity (Wildman–Crippen MR) is 123 cm³/mol. The van der Waals surface area contributed by atoms with Crippen LogP contribution in [0.5, 0.6) is 5.75 Å². The monoisotopic (exact) mass is 415 g/mol. The first-order valence-corrected chi connectivity index (χ1v) is 10.6. The van der Waals surface area contributed by atoms with Crippen LogP contribution in [0.1, 0.15) is 29.5 Å². The number of likely N-dealkylation sites (tertiary alicyclic amines) is 1. The van der Waals surface area contributed by atoms with Crippen LogP contribution in [0.25, 0.3) is 21.9 Å². The molecular formula is C24H25N5O2. The molecule has 0 amide bonds. The van der Waals surface area contributed by atoms with Crippen molar-refractivity contribution in [2.45, 2.75) is 26.3 Å². The quantitative estimate of drug-likeness (QED) is 0.505. The Bertz CT molecular complexity index is 1350. The van der Waals surface area contributed by atoms with E-state index in [1.54, 1.807) is 13.3 Å². The molecule has 0 unspecified atom stereocenters. The van der Waals surface area contributed by atoms with Gasteiger partial charge in [0.25, 0.3) is 5.56 Å². The van der Waals surface area contributed by atoms with Crippen molar-refractivity contribution >= 4 is 28.2 Å². The Kier molecular flexibility index (Phi) is 5.03. The van der Waals surface area contributed by atoms with Crippen LogP contribution in [0.3, 0.4) is 0 Å². The van der Waals surface area contributed by atoms with E-state index in [4.69, 9.17) is 4.74 Å². The summed E-state index contributed by atoms with van der Waals surface area (Å²) in [6.07, 6.45) is 5.66. The van der Waals surface area contributed by atoms with Crippen molar-refractivity contribution in [2.24, 2.45) is 5.10 Å². The number of hydrogen-bond acceptors (Lipinski definition) is 5. The van der Waals surface area contributed by atoms with Gasteiger partial charge in [0, 0.05) is 23.0 Å². The lowest BCUT2D eigenvalue weighted by Gasteiger charge is -2.17. The molecule has 7 nitrogen and oxygen atoms in total. The molecule has 1 saturated heterocycles. The number of aromatic nitrogens is 3. The second kappa shape index (κ2) is 8.00. The zero-order valence-electron chi connectivity index (χ0n) is 17.8. The van der Waals surface area contributed by atoms with E-state index in [9.17, 15) is 4.79 Å². The Morgan fingerprint density at radius 3 is 2.84 bits per heavy atom. The van der Waals surface area contributed by atoms with Crippen molar-refractivity contribution in [1.82, 2.24) is 19.5 Å². The molecule has 5 rings (SSSR count). The van der Waals surface area contributed by atoms with E-state index in [0.29, 0.717) is 11.0 Å². The molecule has 0 saturated carbocycles. The third-order valence-electron chi connectivity index (χ3n) is 5.87. The lowest BCUT2D eigenvalue weighted by Crippen LogP contribution is -2.19. The highest BCUT2D eigenvalue weighted by Gasteiger charge is 2.15. The topological polar surface area (TPSA) is 75.5 Å². The smallest absolute Gasteiger partial charge is 0.298 e. The third kappa shape index (κ3) is 3.72. The average Bonchev–Trinajstić information content (AvgIpc) is 3.41. The van der Waals surface area contributed by atoms with Crippen LogP contribution >= 0.6 is 0 Å². The fraction of sp³-hybridized carbons (Fsp3) is 0.292. The molecule has 2 aromatic heterocycles. The van der Waals surface area contributed by atoms with Gasteiger partial charge in [-0.1, -0.05) is 11.6 Å². The van der Waals surface area contributed by atoms with E-state index in [0.717, 1.165) is 53.0 Å². The van der Waals surface area contributed by atoms with Gasteiger partial charge in [0.05, 0.1) is 13.3 Å². The molecule has 2 aromatic carbocycles. The van der Waals surface area contributed by atoms with Crippen molar-refractivity contribution in [3.63, 3.8) is 0 Å². The Labute approximate surface area is 180 Å². The zero-order valence-corrected chi connectivity index (χ0v) is 17.8. The maximum atomic E-state index is 13.0. The van der Waals surface area contributed by atoms with Gasteiger partial charge in [0.2, 0.25) is 0 Å². The number of methoxy groups -OCH3 is 1. The van der Waals surface area contributed by atoms with Crippen LogP contribution in [0.2, 0.25) is 0 Å². The minimum atomic E-state index is -0.221. The van der Waals surface area contributed by atoms with Crippen molar-refractivity contribution in [3.8, 4) is 5.75 Å². The largest absolute Gasteiger partial charge is 0.496 e. The maximum absolute atomic E-state index is 13.0. The summed E-state index contributed by atoms with van der Waals surface area (Å²) < 4.78 is 6.81. The first-order chi connectivity index (χ1) is 15.1. The highest BCUT2D eigenvalue weighted by molar-refractivity contribution is 6.04. The van der Waals surface area contributed by atoms with Crippen molar-refractivity contribution in [3.05, 3.63) is 69.8 Å². The molecule has 0 spiro atoms. The summed E-state index contributed by atoms with van der Waals surface area (Å²) in [6, 6.07) is 12.0. The lowest BCUT2D eigenvalue weighted by molar-refractivity contribution is 0.321. The van der Waals surface area contributed by atoms with Gasteiger partial charge >= 0.3 is 0 Å². The molecule has 0 bridgehead atoms. The summed E-state index contributed by atoms with van der Waals surface area (Å²) in [7, 11) is 1.69. The first kappa shape index (κ1) is 19.5. The lowest BCUT2D eigenvalue weighted by atomic mass is 10.1. The fourth-order valence-corrected chi connectivity index (χ4v) is 4.25. The van der Waals surface area contributed by atoms with E-state index >= 15 is 0 Å². The normalized spacial score (nSPS) is 14.9. The summed E-state index contributed by atoms with van der Waals surface area (Å²) >= 11 is 0. The first-order valence-electron chi connectivity index (χ1n) is 10.6. The van der Waals surface area contributed by atoms with Gasteiger partial charge in [-0.25, -0.2) is 4.98 Å². The molecule has 0 atom stereocenters. The minimum absolute atomic E-state index is 0.221. The zero-order chi connectivity index (χ0) is 21.4. The molecule has 4 aromatic rings. The van der Waals surface area contributed by atoms with Crippen LogP contribution in [0.4, 0.5) is 0 Å². The van der Waals surface area contributed by atoms with Crippen LogP contribution in [-0.4, -0.2) is 46.0 Å². The molecule has 1 aliphatic rings. The standard InChI is InChI=1S/C24H25N5O2/c1-16-5-7-20-19(11-16)22-23(27-20)24(30)29(15-25-22)26-13-17-6-8-21(31-2)18(12-17)14-28-9-3-4-10-28/h5-8,11-13,15,27H,3-4,9-10,14H2,1-2H3/b26-13-. The molecule has 3 heterocycles. The highest BCUT2D eigenvalue weighted by atomic mass is 16.5. The van der Waals surface area contributed by atoms with Crippen LogP contribution in [0.15, 0.2) is 52.6 Å². The number of ether oxygens (including phenoxy) is 1. The van der Waals surface area contributed by atoms with Crippen molar-refractivity contribution in [1.29, 1.82) is 0 Å². The van der Waals surface area contributed by atoms with Crippen LogP contribution in [-0.2, 0) is 6.54 Å². The van der Waals surface area contributed by atoms with E-state index in [1.807, 2.05) is 37.3 Å². The summed E-state index contributed by atoms with van der Waals surface area (Å²) in [5, 5.41) is 5.33. The third-order valence-corrected chi connectivity index (χ3v) is 5.87. The van der Waals surface area contributed by atoms with Gasteiger partial charge in [-0.2, -0.15) is 9.78 Å². The minimum Gasteiger partial charge on any atom is -0.496 e. The molecule has 0 aliphatic carbocycles. The van der Waals surface area contributed by atoms with Gasteiger partial charge in [-0.05, 0) is 68.8 Å². The molecule has 31 heavy (non-hydrogen) atoms. The number of hydrogen-bond donors (Lipinski definition) is 1. The highest BCUT2D eigenvalue weighted by Crippen LogP contribution is 2.24. The van der Waals surface area contributed by atoms with E-state index < -0.39 is 0 Å². The van der Waals surface area contributed by atoms with Gasteiger partial charge < -0.3 is 9.72 Å². The second-order valence-corrected chi connectivity index (χ2v) is 8.09. The fourth-order valence-electron chi connectivity index (χ4n) is 4.25. The number of fused-ring (bicyclic) bond motifs is 3. The number of nitrogens with one attached hydrogen (secondary N) is 1. The number of benzene rings is 2. The molecule has 1 aliphatic heterocycles. The Morgan fingerprint density at radius 1 is 1.19 bits per heavy atom. The van der Waals surface area contributed by atoms with Crippen LogP contribution in [0, 0.1) is 6.92 Å². The van der Waals surface area contributed by atoms with Gasteiger partial charge in [0.15, 0.2) is 0 Å². The Hall–Kier alpha value is -3.45.